The Hall–Kier alpha value is -0.270. The maximum Gasteiger partial charge on any atom is 1.00 e. The Kier molecular flexibility index (Phi) is 13.6. The first kappa shape index (κ1) is 27.8. The second-order valence-electron chi connectivity index (χ2n) is 8.42. The minimum Gasteiger partial charge on any atom is -0.745 e. The van der Waals surface area contributed by atoms with Crippen molar-refractivity contribution in [3.63, 3.8) is 0 Å². The van der Waals surface area contributed by atoms with E-state index >= 15 is 0 Å². The SMILES string of the molecule is CCCCCCCCCCCCCCCCC1(S(=O)(=O)[O-])Nc2ccccc2N1.[Na+]. The van der Waals surface area contributed by atoms with Gasteiger partial charge in [0.05, 0.1) is 11.4 Å². The molecule has 2 rings (SSSR count). The predicted molar refractivity (Wildman–Crippen MR) is 121 cm³/mol. The van der Waals surface area contributed by atoms with E-state index in [1.54, 1.807) is 12.1 Å². The van der Waals surface area contributed by atoms with E-state index in [1.165, 1.54) is 70.6 Å². The molecule has 0 saturated carbocycles. The second kappa shape index (κ2) is 14.7. The third kappa shape index (κ3) is 9.07. The minimum absolute atomic E-state index is 0. The molecule has 0 aliphatic carbocycles. The molecule has 1 aliphatic rings. The van der Waals surface area contributed by atoms with Crippen molar-refractivity contribution >= 4 is 21.5 Å². The van der Waals surface area contributed by atoms with E-state index in [2.05, 4.69) is 17.6 Å². The molecule has 7 heteroatoms. The Morgan fingerprint density at radius 1 is 0.733 bits per heavy atom. The van der Waals surface area contributed by atoms with Gasteiger partial charge in [0.25, 0.3) is 0 Å². The Balaban J connectivity index is 0.00000450. The van der Waals surface area contributed by atoms with Crippen LogP contribution in [0.3, 0.4) is 0 Å². The van der Waals surface area contributed by atoms with E-state index in [0.717, 1.165) is 12.8 Å². The Labute approximate surface area is 206 Å². The summed E-state index contributed by atoms with van der Waals surface area (Å²) in [6.45, 7) is 2.26. The van der Waals surface area contributed by atoms with Crippen LogP contribution in [0.25, 0.3) is 0 Å². The summed E-state index contributed by atoms with van der Waals surface area (Å²) in [6, 6.07) is 7.24. The zero-order valence-corrected chi connectivity index (χ0v) is 21.9. The first-order valence-electron chi connectivity index (χ1n) is 11.6. The summed E-state index contributed by atoms with van der Waals surface area (Å²) in [6.07, 6.45) is 17.7. The summed E-state index contributed by atoms with van der Waals surface area (Å²) in [4.78, 5) is -1.60. The number of hydrogen-bond acceptors (Lipinski definition) is 5. The molecule has 5 nitrogen and oxygen atoms in total. The van der Waals surface area contributed by atoms with Crippen LogP contribution in [0.15, 0.2) is 24.3 Å². The van der Waals surface area contributed by atoms with E-state index < -0.39 is 15.1 Å². The standard InChI is InChI=1S/C23H40N2O3S.Na/c1-2-3-4-5-6-7-8-9-10-11-12-13-14-17-20-23(29(26,27)28)24-21-18-15-16-19-22(21)25-23;/h15-16,18-19,24-25H,2-14,17,20H2,1H3,(H,26,27,28);/q;+1/p-1. The number of fused-ring (bicyclic) bond motifs is 1. The molecule has 0 amide bonds. The second-order valence-corrected chi connectivity index (χ2v) is 10.0. The molecule has 0 spiro atoms. The molecule has 166 valence electrons. The molecule has 1 aromatic carbocycles. The summed E-state index contributed by atoms with van der Waals surface area (Å²) in [5.74, 6) is 0. The van der Waals surface area contributed by atoms with Crippen LogP contribution in [-0.2, 0) is 10.1 Å². The van der Waals surface area contributed by atoms with Crippen LogP contribution in [0.1, 0.15) is 103 Å². The summed E-state index contributed by atoms with van der Waals surface area (Å²) < 4.78 is 35.7. The third-order valence-electron chi connectivity index (χ3n) is 5.91. The zero-order chi connectivity index (χ0) is 21.0. The van der Waals surface area contributed by atoms with E-state index in [-0.39, 0.29) is 36.0 Å². The molecular formula is C23H39N2NaO3S. The van der Waals surface area contributed by atoms with E-state index in [1.807, 2.05) is 12.1 Å². The smallest absolute Gasteiger partial charge is 0.745 e. The van der Waals surface area contributed by atoms with Gasteiger partial charge >= 0.3 is 29.6 Å². The summed E-state index contributed by atoms with van der Waals surface area (Å²) in [5, 5.41) is 5.85. The molecule has 0 atom stereocenters. The van der Waals surface area contributed by atoms with Crippen LogP contribution in [0.4, 0.5) is 11.4 Å². The van der Waals surface area contributed by atoms with Crippen molar-refractivity contribution in [1.82, 2.24) is 0 Å². The molecule has 30 heavy (non-hydrogen) atoms. The molecule has 1 aromatic rings. The van der Waals surface area contributed by atoms with Gasteiger partial charge in [0.1, 0.15) is 10.1 Å². The van der Waals surface area contributed by atoms with Gasteiger partial charge in [0, 0.05) is 6.42 Å². The Morgan fingerprint density at radius 3 is 1.47 bits per heavy atom. The normalized spacial score (nSPS) is 14.5. The summed E-state index contributed by atoms with van der Waals surface area (Å²) in [7, 11) is -4.52. The number of hydrogen-bond donors (Lipinski definition) is 2. The van der Waals surface area contributed by atoms with Crippen molar-refractivity contribution in [2.45, 2.75) is 108 Å². The van der Waals surface area contributed by atoms with Crippen LogP contribution < -0.4 is 40.2 Å². The van der Waals surface area contributed by atoms with E-state index in [9.17, 15) is 13.0 Å². The average molecular weight is 447 g/mol. The number of para-hydroxylation sites is 2. The molecular weight excluding hydrogens is 407 g/mol. The van der Waals surface area contributed by atoms with E-state index in [0.29, 0.717) is 17.8 Å². The van der Waals surface area contributed by atoms with Crippen LogP contribution in [-0.4, -0.2) is 18.0 Å². The first-order valence-corrected chi connectivity index (χ1v) is 13.0. The van der Waals surface area contributed by atoms with Crippen molar-refractivity contribution in [2.24, 2.45) is 0 Å². The molecule has 0 radical (unpaired) electrons. The summed E-state index contributed by atoms with van der Waals surface area (Å²) in [5.41, 5.74) is 1.36. The van der Waals surface area contributed by atoms with Crippen LogP contribution in [0.5, 0.6) is 0 Å². The molecule has 0 fully saturated rings. The number of benzene rings is 1. The van der Waals surface area contributed by atoms with E-state index in [4.69, 9.17) is 0 Å². The Bertz CT molecular complexity index is 672. The number of anilines is 2. The van der Waals surface area contributed by atoms with Gasteiger partial charge in [-0.3, -0.25) is 0 Å². The largest absolute Gasteiger partial charge is 1.00 e. The third-order valence-corrected chi connectivity index (χ3v) is 7.17. The molecule has 0 unspecified atom stereocenters. The molecule has 1 heterocycles. The fourth-order valence-corrected chi connectivity index (χ4v) is 4.98. The molecule has 0 bridgehead atoms. The fraction of sp³-hybridized carbons (Fsp3) is 0.739. The topological polar surface area (TPSA) is 81.3 Å². The van der Waals surface area contributed by atoms with Gasteiger partial charge in [-0.1, -0.05) is 103 Å². The quantitative estimate of drug-likeness (QED) is 0.230. The zero-order valence-electron chi connectivity index (χ0n) is 19.0. The monoisotopic (exact) mass is 446 g/mol. The average Bonchev–Trinajstić information content (AvgIpc) is 3.08. The van der Waals surface area contributed by atoms with Crippen molar-refractivity contribution in [3.05, 3.63) is 24.3 Å². The molecule has 0 saturated heterocycles. The molecule has 2 N–H and O–H groups in total. The summed E-state index contributed by atoms with van der Waals surface area (Å²) >= 11 is 0. The number of nitrogens with one attached hydrogen (secondary N) is 2. The van der Waals surface area contributed by atoms with Gasteiger partial charge in [-0.15, -0.1) is 0 Å². The number of rotatable bonds is 16. The Morgan fingerprint density at radius 2 is 1.10 bits per heavy atom. The van der Waals surface area contributed by atoms with Gasteiger partial charge in [0.2, 0.25) is 4.99 Å². The first-order chi connectivity index (χ1) is 14.0. The fourth-order valence-electron chi connectivity index (χ4n) is 4.11. The van der Waals surface area contributed by atoms with Gasteiger partial charge in [-0.05, 0) is 18.6 Å². The predicted octanol–water partition coefficient (Wildman–Crippen LogP) is 3.60. The van der Waals surface area contributed by atoms with Crippen LogP contribution in [0, 0.1) is 0 Å². The van der Waals surface area contributed by atoms with Crippen LogP contribution in [0.2, 0.25) is 0 Å². The molecule has 1 aliphatic heterocycles. The maximum absolute atomic E-state index is 11.9. The van der Waals surface area contributed by atoms with Crippen LogP contribution >= 0.6 is 0 Å². The van der Waals surface area contributed by atoms with Crippen molar-refractivity contribution in [3.8, 4) is 0 Å². The minimum atomic E-state index is -4.52. The van der Waals surface area contributed by atoms with Gasteiger partial charge in [-0.25, -0.2) is 8.42 Å². The van der Waals surface area contributed by atoms with Gasteiger partial charge in [0.15, 0.2) is 0 Å². The van der Waals surface area contributed by atoms with Gasteiger partial charge < -0.3 is 15.2 Å². The van der Waals surface area contributed by atoms with Crippen molar-refractivity contribution < 1.29 is 42.5 Å². The van der Waals surface area contributed by atoms with Crippen molar-refractivity contribution in [2.75, 3.05) is 10.6 Å². The molecule has 0 aromatic heterocycles. The van der Waals surface area contributed by atoms with Gasteiger partial charge in [-0.2, -0.15) is 0 Å². The maximum atomic E-state index is 11.9. The van der Waals surface area contributed by atoms with Crippen molar-refractivity contribution in [1.29, 1.82) is 0 Å². The number of unbranched alkanes of at least 4 members (excludes halogenated alkanes) is 13.